The minimum Gasteiger partial charge on any atom is -0.412 e. The molecule has 2 aliphatic rings. The second-order valence-electron chi connectivity index (χ2n) is 4.42. The summed E-state index contributed by atoms with van der Waals surface area (Å²) in [6.07, 6.45) is 4.28. The zero-order valence-electron chi connectivity index (χ0n) is 11.1. The number of amides is 2. The van der Waals surface area contributed by atoms with Crippen molar-refractivity contribution >= 4 is 18.1 Å². The molecule has 0 bridgehead atoms. The van der Waals surface area contributed by atoms with Gasteiger partial charge < -0.3 is 25.6 Å². The van der Waals surface area contributed by atoms with Crippen LogP contribution in [0.15, 0.2) is 0 Å². The summed E-state index contributed by atoms with van der Waals surface area (Å²) >= 11 is 0. The minimum absolute atomic E-state index is 0. The molecule has 1 unspecified atom stereocenters. The Bertz CT molecular complexity index is 317. The highest BCUT2D eigenvalue weighted by molar-refractivity contribution is 5.88. The van der Waals surface area contributed by atoms with Gasteiger partial charge in [-0.15, -0.1) is 0 Å². The summed E-state index contributed by atoms with van der Waals surface area (Å²) in [6.45, 7) is 0.654. The standard InChI is InChI=1S/C11H16N2O3.CH4O.H2O/c14-7-9-2-1-5-13(9)10(15)6-12-11(16)8-3-4-8;1-2;/h7-9H,1-6H2,(H,12,16);2H,1H3;1H2. The third-order valence-corrected chi connectivity index (χ3v) is 3.14. The van der Waals surface area contributed by atoms with Crippen LogP contribution in [0.4, 0.5) is 0 Å². The highest BCUT2D eigenvalue weighted by Crippen LogP contribution is 2.28. The van der Waals surface area contributed by atoms with Crippen LogP contribution in [0.25, 0.3) is 0 Å². The van der Waals surface area contributed by atoms with Gasteiger partial charge in [-0.25, -0.2) is 0 Å². The quantitative estimate of drug-likeness (QED) is 0.605. The summed E-state index contributed by atoms with van der Waals surface area (Å²) in [5, 5.41) is 9.62. The molecule has 0 aromatic rings. The fourth-order valence-electron chi connectivity index (χ4n) is 2.00. The molecule has 1 atom stereocenters. The first kappa shape index (κ1) is 17.5. The van der Waals surface area contributed by atoms with E-state index in [1.807, 2.05) is 0 Å². The Morgan fingerprint density at radius 1 is 1.32 bits per heavy atom. The fraction of sp³-hybridized carbons (Fsp3) is 0.750. The molecular formula is C12H22N2O5. The monoisotopic (exact) mass is 274 g/mol. The van der Waals surface area contributed by atoms with Crippen LogP contribution in [0.5, 0.6) is 0 Å². The first-order valence-corrected chi connectivity index (χ1v) is 6.19. The van der Waals surface area contributed by atoms with Crippen molar-refractivity contribution in [2.24, 2.45) is 5.92 Å². The maximum atomic E-state index is 11.7. The number of likely N-dealkylation sites (tertiary alicyclic amines) is 1. The Labute approximate surface area is 112 Å². The Morgan fingerprint density at radius 3 is 2.47 bits per heavy atom. The zero-order valence-corrected chi connectivity index (χ0v) is 11.1. The lowest BCUT2D eigenvalue weighted by molar-refractivity contribution is -0.135. The summed E-state index contributed by atoms with van der Waals surface area (Å²) < 4.78 is 0. The van der Waals surface area contributed by atoms with Crippen molar-refractivity contribution in [3.05, 3.63) is 0 Å². The van der Waals surface area contributed by atoms with Crippen LogP contribution in [-0.4, -0.2) is 59.8 Å². The van der Waals surface area contributed by atoms with Crippen LogP contribution in [0.2, 0.25) is 0 Å². The molecule has 1 saturated heterocycles. The smallest absolute Gasteiger partial charge is 0.242 e. The van der Waals surface area contributed by atoms with Gasteiger partial charge in [-0.2, -0.15) is 0 Å². The van der Waals surface area contributed by atoms with Crippen LogP contribution in [-0.2, 0) is 14.4 Å². The van der Waals surface area contributed by atoms with Gasteiger partial charge in [0.1, 0.15) is 6.29 Å². The van der Waals surface area contributed by atoms with Crippen LogP contribution in [0, 0.1) is 5.92 Å². The van der Waals surface area contributed by atoms with Gasteiger partial charge in [0.15, 0.2) is 0 Å². The predicted molar refractivity (Wildman–Crippen MR) is 68.3 cm³/mol. The van der Waals surface area contributed by atoms with Gasteiger partial charge >= 0.3 is 0 Å². The molecule has 2 fully saturated rings. The lowest BCUT2D eigenvalue weighted by Crippen LogP contribution is -2.43. The van der Waals surface area contributed by atoms with E-state index in [1.54, 1.807) is 4.90 Å². The molecule has 0 aromatic heterocycles. The molecule has 0 spiro atoms. The molecule has 7 heteroatoms. The van der Waals surface area contributed by atoms with Crippen molar-refractivity contribution in [1.29, 1.82) is 0 Å². The maximum Gasteiger partial charge on any atom is 0.242 e. The number of aldehydes is 1. The van der Waals surface area contributed by atoms with Gasteiger partial charge in [0.25, 0.3) is 0 Å². The molecule has 2 rings (SSSR count). The molecule has 110 valence electrons. The molecule has 1 aliphatic carbocycles. The molecule has 7 nitrogen and oxygen atoms in total. The van der Waals surface area contributed by atoms with Gasteiger partial charge in [0.05, 0.1) is 12.6 Å². The van der Waals surface area contributed by atoms with Gasteiger partial charge in [0, 0.05) is 19.6 Å². The maximum absolute atomic E-state index is 11.7. The van der Waals surface area contributed by atoms with E-state index in [-0.39, 0.29) is 35.8 Å². The van der Waals surface area contributed by atoms with E-state index in [0.29, 0.717) is 6.54 Å². The Balaban J connectivity index is 0.00000103. The molecular weight excluding hydrogens is 252 g/mol. The predicted octanol–water partition coefficient (Wildman–Crippen LogP) is -1.51. The molecule has 1 saturated carbocycles. The van der Waals surface area contributed by atoms with E-state index in [4.69, 9.17) is 5.11 Å². The molecule has 19 heavy (non-hydrogen) atoms. The second kappa shape index (κ2) is 8.60. The topological polar surface area (TPSA) is 118 Å². The van der Waals surface area contributed by atoms with Crippen molar-refractivity contribution in [3.63, 3.8) is 0 Å². The van der Waals surface area contributed by atoms with Crippen LogP contribution >= 0.6 is 0 Å². The van der Waals surface area contributed by atoms with E-state index in [1.165, 1.54) is 0 Å². The normalized spacial score (nSPS) is 20.7. The van der Waals surface area contributed by atoms with E-state index in [2.05, 4.69) is 5.32 Å². The summed E-state index contributed by atoms with van der Waals surface area (Å²) in [5.41, 5.74) is 0. The van der Waals surface area contributed by atoms with Crippen LogP contribution in [0.3, 0.4) is 0 Å². The highest BCUT2D eigenvalue weighted by Gasteiger charge is 2.31. The Hall–Kier alpha value is -1.47. The number of carbonyl (C=O) groups is 3. The third-order valence-electron chi connectivity index (χ3n) is 3.14. The van der Waals surface area contributed by atoms with E-state index in [9.17, 15) is 14.4 Å². The van der Waals surface area contributed by atoms with Crippen molar-refractivity contribution in [3.8, 4) is 0 Å². The first-order chi connectivity index (χ1) is 8.72. The minimum atomic E-state index is -0.287. The van der Waals surface area contributed by atoms with E-state index < -0.39 is 0 Å². The van der Waals surface area contributed by atoms with E-state index >= 15 is 0 Å². The summed E-state index contributed by atoms with van der Waals surface area (Å²) in [6, 6.07) is -0.287. The van der Waals surface area contributed by atoms with Crippen molar-refractivity contribution in [2.45, 2.75) is 31.7 Å². The molecule has 2 amide bonds. The lowest BCUT2D eigenvalue weighted by atomic mass is 10.2. The zero-order chi connectivity index (χ0) is 13.5. The number of hydrogen-bond donors (Lipinski definition) is 2. The first-order valence-electron chi connectivity index (χ1n) is 6.19. The van der Waals surface area contributed by atoms with Gasteiger partial charge in [-0.05, 0) is 25.7 Å². The number of nitrogens with zero attached hydrogens (tertiary/aromatic N) is 1. The van der Waals surface area contributed by atoms with Gasteiger partial charge in [-0.1, -0.05) is 0 Å². The average molecular weight is 274 g/mol. The van der Waals surface area contributed by atoms with Gasteiger partial charge in [0.2, 0.25) is 11.8 Å². The lowest BCUT2D eigenvalue weighted by Gasteiger charge is -2.20. The second-order valence-corrected chi connectivity index (χ2v) is 4.42. The molecule has 1 aliphatic heterocycles. The molecule has 4 N–H and O–H groups in total. The Kier molecular flexibility index (Phi) is 7.94. The third kappa shape index (κ3) is 4.96. The number of rotatable bonds is 4. The number of carbonyl (C=O) groups excluding carboxylic acids is 3. The largest absolute Gasteiger partial charge is 0.412 e. The van der Waals surface area contributed by atoms with Crippen molar-refractivity contribution < 1.29 is 25.0 Å². The van der Waals surface area contributed by atoms with Gasteiger partial charge in [-0.3, -0.25) is 9.59 Å². The SMILES string of the molecule is CO.O.O=CC1CCCN1C(=O)CNC(=O)C1CC1. The fourth-order valence-corrected chi connectivity index (χ4v) is 2.00. The van der Waals surface area contributed by atoms with Crippen LogP contribution < -0.4 is 5.32 Å². The number of nitrogens with one attached hydrogen (secondary N) is 1. The molecule has 0 radical (unpaired) electrons. The number of aliphatic hydroxyl groups excluding tert-OH is 1. The highest BCUT2D eigenvalue weighted by atomic mass is 16.2. The van der Waals surface area contributed by atoms with E-state index in [0.717, 1.165) is 39.1 Å². The average Bonchev–Trinajstić information content (AvgIpc) is 3.15. The van der Waals surface area contributed by atoms with Crippen molar-refractivity contribution in [2.75, 3.05) is 20.2 Å². The number of aliphatic hydroxyl groups is 1. The summed E-state index contributed by atoms with van der Waals surface area (Å²) in [5.74, 6) is -0.0629. The molecule has 1 heterocycles. The van der Waals surface area contributed by atoms with Crippen molar-refractivity contribution in [1.82, 2.24) is 10.2 Å². The number of hydrogen-bond acceptors (Lipinski definition) is 4. The molecule has 0 aromatic carbocycles. The van der Waals surface area contributed by atoms with Crippen LogP contribution in [0.1, 0.15) is 25.7 Å². The Morgan fingerprint density at radius 2 is 1.95 bits per heavy atom. The summed E-state index contributed by atoms with van der Waals surface area (Å²) in [7, 11) is 1.00. The summed E-state index contributed by atoms with van der Waals surface area (Å²) in [4.78, 5) is 35.3.